The summed E-state index contributed by atoms with van der Waals surface area (Å²) in [6, 6.07) is 12.3. The lowest BCUT2D eigenvalue weighted by Crippen LogP contribution is -2.22. The summed E-state index contributed by atoms with van der Waals surface area (Å²) in [5.41, 5.74) is 0.861. The molecule has 0 aliphatic rings. The molecule has 0 aliphatic carbocycles. The van der Waals surface area contributed by atoms with Crippen molar-refractivity contribution < 1.29 is 18.7 Å². The number of anilines is 1. The number of hydrogen-bond donors (Lipinski definition) is 1. The SMILES string of the molecule is COC(=O)C(Nc1ccccc1F)c1cccc(OC)c1. The second kappa shape index (κ2) is 6.74. The van der Waals surface area contributed by atoms with Gasteiger partial charge in [0.2, 0.25) is 0 Å². The number of esters is 1. The number of carbonyl (C=O) groups excluding carboxylic acids is 1. The molecule has 1 N–H and O–H groups in total. The van der Waals surface area contributed by atoms with E-state index in [4.69, 9.17) is 9.47 Å². The lowest BCUT2D eigenvalue weighted by atomic mass is 10.1. The zero-order chi connectivity index (χ0) is 15.2. The summed E-state index contributed by atoms with van der Waals surface area (Å²) >= 11 is 0. The van der Waals surface area contributed by atoms with Crippen LogP contribution in [0.1, 0.15) is 11.6 Å². The van der Waals surface area contributed by atoms with E-state index in [2.05, 4.69) is 5.32 Å². The maximum absolute atomic E-state index is 13.7. The van der Waals surface area contributed by atoms with Gasteiger partial charge in [0.05, 0.1) is 19.9 Å². The van der Waals surface area contributed by atoms with E-state index in [0.717, 1.165) is 0 Å². The molecule has 0 amide bonds. The van der Waals surface area contributed by atoms with E-state index in [-0.39, 0.29) is 5.69 Å². The Hall–Kier alpha value is -2.56. The predicted molar refractivity (Wildman–Crippen MR) is 77.8 cm³/mol. The van der Waals surface area contributed by atoms with Gasteiger partial charge in [0.1, 0.15) is 11.6 Å². The Morgan fingerprint density at radius 2 is 1.90 bits per heavy atom. The fourth-order valence-corrected chi connectivity index (χ4v) is 1.95. The summed E-state index contributed by atoms with van der Waals surface area (Å²) in [6.45, 7) is 0. The van der Waals surface area contributed by atoms with Gasteiger partial charge >= 0.3 is 5.97 Å². The number of benzene rings is 2. The molecule has 0 heterocycles. The Bertz CT molecular complexity index is 630. The largest absolute Gasteiger partial charge is 0.497 e. The zero-order valence-electron chi connectivity index (χ0n) is 11.8. The number of halogens is 1. The summed E-state index contributed by atoms with van der Waals surface area (Å²) in [4.78, 5) is 12.0. The number of ether oxygens (including phenoxy) is 2. The van der Waals surface area contributed by atoms with E-state index in [9.17, 15) is 9.18 Å². The highest BCUT2D eigenvalue weighted by molar-refractivity contribution is 5.81. The predicted octanol–water partition coefficient (Wildman–Crippen LogP) is 3.16. The lowest BCUT2D eigenvalue weighted by Gasteiger charge is -2.19. The third-order valence-corrected chi connectivity index (χ3v) is 3.04. The summed E-state index contributed by atoms with van der Waals surface area (Å²) in [6.07, 6.45) is 0. The van der Waals surface area contributed by atoms with Crippen LogP contribution in [0.25, 0.3) is 0 Å². The second-order valence-electron chi connectivity index (χ2n) is 4.36. The molecule has 21 heavy (non-hydrogen) atoms. The quantitative estimate of drug-likeness (QED) is 0.859. The number of nitrogens with one attached hydrogen (secondary N) is 1. The lowest BCUT2D eigenvalue weighted by molar-refractivity contribution is -0.141. The maximum Gasteiger partial charge on any atom is 0.332 e. The average Bonchev–Trinajstić information content (AvgIpc) is 2.53. The molecule has 2 rings (SSSR count). The molecule has 1 atom stereocenters. The molecule has 4 nitrogen and oxygen atoms in total. The number of para-hydroxylation sites is 1. The third kappa shape index (κ3) is 3.51. The van der Waals surface area contributed by atoms with Gasteiger partial charge in [-0.2, -0.15) is 0 Å². The molecule has 1 unspecified atom stereocenters. The van der Waals surface area contributed by atoms with Crippen molar-refractivity contribution in [1.82, 2.24) is 0 Å². The summed E-state index contributed by atoms with van der Waals surface area (Å²) in [7, 11) is 2.83. The first kappa shape index (κ1) is 14.8. The molecule has 0 aromatic heterocycles. The standard InChI is InChI=1S/C16H16FNO3/c1-20-12-7-5-6-11(10-12)15(16(19)21-2)18-14-9-4-3-8-13(14)17/h3-10,15,18H,1-2H3. The zero-order valence-corrected chi connectivity index (χ0v) is 11.8. The summed E-state index contributed by atoms with van der Waals surface area (Å²) in [5.74, 6) is -0.336. The highest BCUT2D eigenvalue weighted by Gasteiger charge is 2.22. The highest BCUT2D eigenvalue weighted by Crippen LogP contribution is 2.25. The van der Waals surface area contributed by atoms with E-state index < -0.39 is 17.8 Å². The first-order valence-electron chi connectivity index (χ1n) is 6.38. The number of methoxy groups -OCH3 is 2. The van der Waals surface area contributed by atoms with Crippen LogP contribution in [-0.2, 0) is 9.53 Å². The van der Waals surface area contributed by atoms with Crippen molar-refractivity contribution >= 4 is 11.7 Å². The molecule has 0 saturated heterocycles. The Labute approximate surface area is 122 Å². The van der Waals surface area contributed by atoms with Gasteiger partial charge in [-0.3, -0.25) is 0 Å². The van der Waals surface area contributed by atoms with Crippen LogP contribution in [0.4, 0.5) is 10.1 Å². The molecule has 0 aliphatic heterocycles. The first-order chi connectivity index (χ1) is 10.2. The van der Waals surface area contributed by atoms with Crippen LogP contribution < -0.4 is 10.1 Å². The molecule has 2 aromatic rings. The van der Waals surface area contributed by atoms with E-state index in [1.807, 2.05) is 0 Å². The second-order valence-corrected chi connectivity index (χ2v) is 4.36. The highest BCUT2D eigenvalue weighted by atomic mass is 19.1. The van der Waals surface area contributed by atoms with Gasteiger partial charge in [0.25, 0.3) is 0 Å². The number of hydrogen-bond acceptors (Lipinski definition) is 4. The minimum absolute atomic E-state index is 0.232. The van der Waals surface area contributed by atoms with Crippen molar-refractivity contribution in [1.29, 1.82) is 0 Å². The fourth-order valence-electron chi connectivity index (χ4n) is 1.95. The van der Waals surface area contributed by atoms with E-state index in [1.54, 1.807) is 42.5 Å². The van der Waals surface area contributed by atoms with E-state index in [1.165, 1.54) is 20.3 Å². The molecule has 0 fully saturated rings. The Kier molecular flexibility index (Phi) is 4.77. The normalized spacial score (nSPS) is 11.6. The number of carbonyl (C=O) groups is 1. The van der Waals surface area contributed by atoms with Crippen molar-refractivity contribution in [2.24, 2.45) is 0 Å². The molecule has 2 aromatic carbocycles. The van der Waals surface area contributed by atoms with Crippen LogP contribution in [0.5, 0.6) is 5.75 Å². The molecule has 0 radical (unpaired) electrons. The summed E-state index contributed by atoms with van der Waals surface area (Å²) < 4.78 is 23.7. The van der Waals surface area contributed by atoms with Gasteiger partial charge in [-0.25, -0.2) is 9.18 Å². The molecule has 110 valence electrons. The van der Waals surface area contributed by atoms with Gasteiger partial charge in [-0.05, 0) is 29.8 Å². The molecule has 0 spiro atoms. The number of rotatable bonds is 5. The molecule has 0 saturated carbocycles. The Morgan fingerprint density at radius 1 is 1.14 bits per heavy atom. The fraction of sp³-hybridized carbons (Fsp3) is 0.188. The van der Waals surface area contributed by atoms with Crippen LogP contribution in [0.3, 0.4) is 0 Å². The molecule has 0 bridgehead atoms. The van der Waals surface area contributed by atoms with Crippen LogP contribution in [-0.4, -0.2) is 20.2 Å². The van der Waals surface area contributed by atoms with Gasteiger partial charge < -0.3 is 14.8 Å². The van der Waals surface area contributed by atoms with Crippen molar-refractivity contribution in [2.75, 3.05) is 19.5 Å². The van der Waals surface area contributed by atoms with Crippen LogP contribution in [0, 0.1) is 5.82 Å². The molecular weight excluding hydrogens is 273 g/mol. The summed E-state index contributed by atoms with van der Waals surface area (Å²) in [5, 5.41) is 2.86. The van der Waals surface area contributed by atoms with E-state index in [0.29, 0.717) is 11.3 Å². The van der Waals surface area contributed by atoms with Crippen molar-refractivity contribution in [3.05, 3.63) is 59.9 Å². The topological polar surface area (TPSA) is 47.6 Å². The van der Waals surface area contributed by atoms with Crippen molar-refractivity contribution in [3.8, 4) is 5.75 Å². The first-order valence-corrected chi connectivity index (χ1v) is 6.38. The average molecular weight is 289 g/mol. The molecule has 5 heteroatoms. The van der Waals surface area contributed by atoms with Crippen molar-refractivity contribution in [3.63, 3.8) is 0 Å². The Morgan fingerprint density at radius 3 is 2.57 bits per heavy atom. The van der Waals surface area contributed by atoms with Gasteiger partial charge in [0, 0.05) is 0 Å². The minimum Gasteiger partial charge on any atom is -0.497 e. The van der Waals surface area contributed by atoms with Gasteiger partial charge in [-0.1, -0.05) is 24.3 Å². The molecular formula is C16H16FNO3. The minimum atomic E-state index is -0.818. The van der Waals surface area contributed by atoms with E-state index >= 15 is 0 Å². The smallest absolute Gasteiger partial charge is 0.332 e. The monoisotopic (exact) mass is 289 g/mol. The van der Waals surface area contributed by atoms with Crippen LogP contribution in [0.2, 0.25) is 0 Å². The Balaban J connectivity index is 2.34. The van der Waals surface area contributed by atoms with Crippen molar-refractivity contribution in [2.45, 2.75) is 6.04 Å². The third-order valence-electron chi connectivity index (χ3n) is 3.04. The van der Waals surface area contributed by atoms with Gasteiger partial charge in [-0.15, -0.1) is 0 Å². The van der Waals surface area contributed by atoms with Crippen LogP contribution >= 0.6 is 0 Å². The maximum atomic E-state index is 13.7. The van der Waals surface area contributed by atoms with Gasteiger partial charge in [0.15, 0.2) is 6.04 Å². The van der Waals surface area contributed by atoms with Crippen LogP contribution in [0.15, 0.2) is 48.5 Å².